The molecule has 1 N–H and O–H groups in total. The Bertz CT molecular complexity index is 574. The van der Waals surface area contributed by atoms with Gasteiger partial charge in [-0.15, -0.1) is 0 Å². The molecule has 0 saturated carbocycles. The van der Waals surface area contributed by atoms with E-state index in [2.05, 4.69) is 10.1 Å². The lowest BCUT2D eigenvalue weighted by molar-refractivity contribution is -0.147. The summed E-state index contributed by atoms with van der Waals surface area (Å²) < 4.78 is 4.66. The van der Waals surface area contributed by atoms with E-state index >= 15 is 0 Å². The second kappa shape index (κ2) is 8.59. The molecule has 1 rings (SSSR count). The Morgan fingerprint density at radius 2 is 1.64 bits per heavy atom. The fourth-order valence-corrected chi connectivity index (χ4v) is 2.37. The Morgan fingerprint density at radius 3 is 2.12 bits per heavy atom. The number of carbonyl (C=O) groups excluding carboxylic acids is 5. The molecule has 5 amide bonds. The number of imide groups is 2. The zero-order chi connectivity index (χ0) is 19.3. The van der Waals surface area contributed by atoms with Gasteiger partial charge in [0.2, 0.25) is 5.91 Å². The smallest absolute Gasteiger partial charge is 0.334 e. The Balaban J connectivity index is 2.81. The van der Waals surface area contributed by atoms with E-state index in [1.165, 1.54) is 7.11 Å². The SMILES string of the molecule is CC[C@H](C)[C@H](NC(=O)CN1C(=O)C(=O)N(CC(C)C)C1=O)C(=O)OC. The molecule has 1 aliphatic rings. The van der Waals surface area contributed by atoms with Crippen molar-refractivity contribution in [2.45, 2.75) is 40.2 Å². The lowest BCUT2D eigenvalue weighted by Gasteiger charge is -2.23. The van der Waals surface area contributed by atoms with Crippen molar-refractivity contribution in [1.82, 2.24) is 15.1 Å². The second-order valence-electron chi connectivity index (χ2n) is 6.44. The molecular weight excluding hydrogens is 330 g/mol. The van der Waals surface area contributed by atoms with Crippen LogP contribution in [0.3, 0.4) is 0 Å². The first-order valence-electron chi connectivity index (χ1n) is 8.18. The number of esters is 1. The standard InChI is InChI=1S/C16H25N3O6/c1-6-10(4)12(15(23)25-5)17-11(20)8-19-14(22)13(21)18(16(19)24)7-9(2)3/h9-10,12H,6-8H2,1-5H3,(H,17,20)/t10-,12-/m0/s1. The molecule has 0 aliphatic carbocycles. The van der Waals surface area contributed by atoms with Crippen LogP contribution in [0.25, 0.3) is 0 Å². The van der Waals surface area contributed by atoms with Crippen LogP contribution in [0.2, 0.25) is 0 Å². The van der Waals surface area contributed by atoms with Crippen molar-refractivity contribution >= 4 is 29.7 Å². The van der Waals surface area contributed by atoms with E-state index in [-0.39, 0.29) is 18.4 Å². The Labute approximate surface area is 146 Å². The van der Waals surface area contributed by atoms with E-state index in [9.17, 15) is 24.0 Å². The van der Waals surface area contributed by atoms with E-state index in [0.717, 1.165) is 4.90 Å². The molecule has 1 heterocycles. The first-order valence-corrected chi connectivity index (χ1v) is 8.18. The average molecular weight is 355 g/mol. The molecule has 0 aromatic heterocycles. The summed E-state index contributed by atoms with van der Waals surface area (Å²) >= 11 is 0. The fourth-order valence-electron chi connectivity index (χ4n) is 2.37. The highest BCUT2D eigenvalue weighted by Crippen LogP contribution is 2.14. The topological polar surface area (TPSA) is 113 Å². The average Bonchev–Trinajstić information content (AvgIpc) is 2.75. The van der Waals surface area contributed by atoms with E-state index in [0.29, 0.717) is 11.3 Å². The summed E-state index contributed by atoms with van der Waals surface area (Å²) in [6.45, 7) is 6.69. The molecule has 0 bridgehead atoms. The van der Waals surface area contributed by atoms with E-state index < -0.39 is 42.3 Å². The quantitative estimate of drug-likeness (QED) is 0.376. The summed E-state index contributed by atoms with van der Waals surface area (Å²) in [6.07, 6.45) is 0.613. The number of ether oxygens (including phenoxy) is 1. The van der Waals surface area contributed by atoms with Crippen molar-refractivity contribution in [3.63, 3.8) is 0 Å². The first-order chi connectivity index (χ1) is 11.6. The maximum absolute atomic E-state index is 12.2. The number of amides is 5. The molecule has 0 unspecified atom stereocenters. The van der Waals surface area contributed by atoms with Gasteiger partial charge < -0.3 is 10.1 Å². The zero-order valence-corrected chi connectivity index (χ0v) is 15.2. The second-order valence-corrected chi connectivity index (χ2v) is 6.44. The van der Waals surface area contributed by atoms with Crippen LogP contribution in [0, 0.1) is 11.8 Å². The summed E-state index contributed by atoms with van der Waals surface area (Å²) in [4.78, 5) is 61.4. The molecule has 0 spiro atoms. The molecule has 9 nitrogen and oxygen atoms in total. The van der Waals surface area contributed by atoms with Gasteiger partial charge in [0.15, 0.2) is 0 Å². The van der Waals surface area contributed by atoms with Gasteiger partial charge in [-0.1, -0.05) is 34.1 Å². The van der Waals surface area contributed by atoms with Crippen LogP contribution in [0.5, 0.6) is 0 Å². The number of hydrogen-bond acceptors (Lipinski definition) is 6. The van der Waals surface area contributed by atoms with Gasteiger partial charge in [-0.2, -0.15) is 0 Å². The van der Waals surface area contributed by atoms with Gasteiger partial charge in [-0.05, 0) is 11.8 Å². The Kier molecular flexibility index (Phi) is 7.08. The van der Waals surface area contributed by atoms with Crippen LogP contribution in [0.4, 0.5) is 4.79 Å². The number of rotatable bonds is 8. The van der Waals surface area contributed by atoms with E-state index in [1.807, 2.05) is 6.92 Å². The first kappa shape index (κ1) is 20.6. The Morgan fingerprint density at radius 1 is 1.08 bits per heavy atom. The van der Waals surface area contributed by atoms with E-state index in [1.54, 1.807) is 20.8 Å². The van der Waals surface area contributed by atoms with Crippen LogP contribution in [-0.2, 0) is 23.9 Å². The third-order valence-electron chi connectivity index (χ3n) is 3.97. The number of nitrogens with one attached hydrogen (secondary N) is 1. The van der Waals surface area contributed by atoms with Gasteiger partial charge >= 0.3 is 23.8 Å². The number of hydrogen-bond donors (Lipinski definition) is 1. The van der Waals surface area contributed by atoms with Crippen molar-refractivity contribution in [3.05, 3.63) is 0 Å². The van der Waals surface area contributed by atoms with Crippen LogP contribution in [0.1, 0.15) is 34.1 Å². The normalized spacial score (nSPS) is 17.1. The lowest BCUT2D eigenvalue weighted by atomic mass is 9.99. The summed E-state index contributed by atoms with van der Waals surface area (Å²) in [6, 6.07) is -1.71. The third-order valence-corrected chi connectivity index (χ3v) is 3.97. The number of carbonyl (C=O) groups is 5. The molecule has 1 aliphatic heterocycles. The monoisotopic (exact) mass is 355 g/mol. The molecular formula is C16H25N3O6. The van der Waals surface area contributed by atoms with Gasteiger partial charge in [-0.25, -0.2) is 14.5 Å². The lowest BCUT2D eigenvalue weighted by Crippen LogP contribution is -2.50. The van der Waals surface area contributed by atoms with Gasteiger partial charge in [0.1, 0.15) is 12.6 Å². The van der Waals surface area contributed by atoms with Crippen LogP contribution in [0.15, 0.2) is 0 Å². The van der Waals surface area contributed by atoms with Gasteiger partial charge in [-0.3, -0.25) is 19.3 Å². The predicted molar refractivity (Wildman–Crippen MR) is 87.1 cm³/mol. The predicted octanol–water partition coefficient (Wildman–Crippen LogP) is 0.137. The van der Waals surface area contributed by atoms with Gasteiger partial charge in [0.05, 0.1) is 7.11 Å². The Hall–Kier alpha value is -2.45. The van der Waals surface area contributed by atoms with Crippen LogP contribution < -0.4 is 5.32 Å². The van der Waals surface area contributed by atoms with E-state index in [4.69, 9.17) is 0 Å². The highest BCUT2D eigenvalue weighted by molar-refractivity contribution is 6.45. The van der Waals surface area contributed by atoms with Crippen molar-refractivity contribution in [1.29, 1.82) is 0 Å². The molecule has 0 aromatic carbocycles. The molecule has 140 valence electrons. The molecule has 0 radical (unpaired) electrons. The van der Waals surface area contributed by atoms with Crippen molar-refractivity contribution < 1.29 is 28.7 Å². The summed E-state index contributed by atoms with van der Waals surface area (Å²) in [7, 11) is 1.21. The largest absolute Gasteiger partial charge is 0.467 e. The highest BCUT2D eigenvalue weighted by atomic mass is 16.5. The molecule has 1 saturated heterocycles. The maximum Gasteiger partial charge on any atom is 0.334 e. The maximum atomic E-state index is 12.2. The molecule has 2 atom stereocenters. The highest BCUT2D eigenvalue weighted by Gasteiger charge is 2.45. The number of urea groups is 1. The minimum absolute atomic E-state index is 0.0106. The fraction of sp³-hybridized carbons (Fsp3) is 0.688. The molecule has 1 fully saturated rings. The van der Waals surface area contributed by atoms with Crippen molar-refractivity contribution in [2.75, 3.05) is 20.2 Å². The third kappa shape index (κ3) is 4.77. The zero-order valence-electron chi connectivity index (χ0n) is 15.2. The van der Waals surface area contributed by atoms with Crippen molar-refractivity contribution in [2.24, 2.45) is 11.8 Å². The van der Waals surface area contributed by atoms with Crippen LogP contribution in [-0.4, -0.2) is 65.8 Å². The van der Waals surface area contributed by atoms with Crippen LogP contribution >= 0.6 is 0 Å². The number of methoxy groups -OCH3 is 1. The van der Waals surface area contributed by atoms with Gasteiger partial charge in [0, 0.05) is 6.54 Å². The molecule has 0 aromatic rings. The number of nitrogens with zero attached hydrogens (tertiary/aromatic N) is 2. The molecule has 9 heteroatoms. The summed E-state index contributed by atoms with van der Waals surface area (Å²) in [5, 5.41) is 2.47. The molecule has 25 heavy (non-hydrogen) atoms. The summed E-state index contributed by atoms with van der Waals surface area (Å²) in [5.41, 5.74) is 0. The summed E-state index contributed by atoms with van der Waals surface area (Å²) in [5.74, 6) is -3.52. The minimum atomic E-state index is -1.04. The minimum Gasteiger partial charge on any atom is -0.467 e. The van der Waals surface area contributed by atoms with Gasteiger partial charge in [0.25, 0.3) is 0 Å². The van der Waals surface area contributed by atoms with Crippen molar-refractivity contribution in [3.8, 4) is 0 Å².